The Balaban J connectivity index is 2.21. The molecular weight excluding hydrogens is 299 g/mol. The number of hydrogen-bond donors (Lipinski definition) is 1. The number of benzene rings is 1. The summed E-state index contributed by atoms with van der Waals surface area (Å²) in [5, 5.41) is 3.84. The molecule has 0 aliphatic rings. The van der Waals surface area contributed by atoms with Crippen molar-refractivity contribution in [2.24, 2.45) is 0 Å². The minimum atomic E-state index is -0.318. The first kappa shape index (κ1) is 14.8. The fourth-order valence-electron chi connectivity index (χ4n) is 1.66. The molecule has 0 saturated carbocycles. The van der Waals surface area contributed by atoms with Crippen molar-refractivity contribution in [1.29, 1.82) is 0 Å². The van der Waals surface area contributed by atoms with Crippen LogP contribution in [-0.4, -0.2) is 18.0 Å². The van der Waals surface area contributed by atoms with Crippen molar-refractivity contribution >= 4 is 34.8 Å². The van der Waals surface area contributed by atoms with Crippen LogP contribution in [0.15, 0.2) is 36.5 Å². The lowest BCUT2D eigenvalue weighted by atomic mass is 10.2. The first-order valence-corrected chi connectivity index (χ1v) is 6.56. The Labute approximate surface area is 126 Å². The molecule has 20 heavy (non-hydrogen) atoms. The number of hydrogen-bond acceptors (Lipinski definition) is 3. The third kappa shape index (κ3) is 3.70. The average molecular weight is 311 g/mol. The number of carbonyl (C=O) groups excluding carboxylic acids is 1. The molecule has 1 aromatic heterocycles. The van der Waals surface area contributed by atoms with Crippen LogP contribution < -0.4 is 5.32 Å². The maximum absolute atomic E-state index is 12.1. The Morgan fingerprint density at radius 1 is 1.25 bits per heavy atom. The third-order valence-electron chi connectivity index (χ3n) is 2.58. The number of methoxy groups -OCH3 is 1. The SMILES string of the molecule is COCc1cc(Cl)ccc1NC(=O)c1ccc(Cl)cn1. The molecule has 6 heteroatoms. The first-order chi connectivity index (χ1) is 9.60. The van der Waals surface area contributed by atoms with Crippen LogP contribution in [-0.2, 0) is 11.3 Å². The van der Waals surface area contributed by atoms with Gasteiger partial charge in [0.15, 0.2) is 0 Å². The summed E-state index contributed by atoms with van der Waals surface area (Å²) >= 11 is 11.7. The lowest BCUT2D eigenvalue weighted by Crippen LogP contribution is -2.14. The highest BCUT2D eigenvalue weighted by Crippen LogP contribution is 2.22. The summed E-state index contributed by atoms with van der Waals surface area (Å²) in [4.78, 5) is 16.0. The molecule has 2 aromatic rings. The van der Waals surface area contributed by atoms with Gasteiger partial charge in [0.2, 0.25) is 0 Å². The molecule has 2 rings (SSSR count). The monoisotopic (exact) mass is 310 g/mol. The van der Waals surface area contributed by atoms with E-state index in [0.29, 0.717) is 22.3 Å². The predicted octanol–water partition coefficient (Wildman–Crippen LogP) is 3.79. The maximum Gasteiger partial charge on any atom is 0.274 e. The number of ether oxygens (including phenoxy) is 1. The molecule has 1 aromatic carbocycles. The lowest BCUT2D eigenvalue weighted by Gasteiger charge is -2.10. The zero-order valence-electron chi connectivity index (χ0n) is 10.7. The lowest BCUT2D eigenvalue weighted by molar-refractivity contribution is 0.102. The normalized spacial score (nSPS) is 10.3. The molecule has 0 aliphatic carbocycles. The molecule has 1 heterocycles. The van der Waals surface area contributed by atoms with Crippen molar-refractivity contribution in [2.75, 3.05) is 12.4 Å². The molecule has 104 valence electrons. The van der Waals surface area contributed by atoms with E-state index in [1.165, 1.54) is 6.20 Å². The number of rotatable bonds is 4. The summed E-state index contributed by atoms with van der Waals surface area (Å²) in [7, 11) is 1.58. The molecule has 0 aliphatic heterocycles. The molecule has 4 nitrogen and oxygen atoms in total. The highest BCUT2D eigenvalue weighted by molar-refractivity contribution is 6.31. The fraction of sp³-hybridized carbons (Fsp3) is 0.143. The second-order valence-electron chi connectivity index (χ2n) is 4.05. The van der Waals surface area contributed by atoms with E-state index < -0.39 is 0 Å². The summed E-state index contributed by atoms with van der Waals surface area (Å²) in [6.45, 7) is 0.351. The number of halogens is 2. The summed E-state index contributed by atoms with van der Waals surface area (Å²) in [6.07, 6.45) is 1.42. The minimum Gasteiger partial charge on any atom is -0.380 e. The van der Waals surface area contributed by atoms with E-state index in [4.69, 9.17) is 27.9 Å². The van der Waals surface area contributed by atoms with Gasteiger partial charge < -0.3 is 10.1 Å². The second kappa shape index (κ2) is 6.70. The average Bonchev–Trinajstić information content (AvgIpc) is 2.43. The van der Waals surface area contributed by atoms with E-state index >= 15 is 0 Å². The van der Waals surface area contributed by atoms with Crippen molar-refractivity contribution < 1.29 is 9.53 Å². The zero-order chi connectivity index (χ0) is 14.5. The number of nitrogens with one attached hydrogen (secondary N) is 1. The molecule has 0 bridgehead atoms. The molecule has 1 N–H and O–H groups in total. The fourth-order valence-corrected chi connectivity index (χ4v) is 1.96. The van der Waals surface area contributed by atoms with Gasteiger partial charge in [-0.1, -0.05) is 23.2 Å². The zero-order valence-corrected chi connectivity index (χ0v) is 12.2. The van der Waals surface area contributed by atoms with Gasteiger partial charge in [0, 0.05) is 29.6 Å². The van der Waals surface area contributed by atoms with Gasteiger partial charge in [-0.15, -0.1) is 0 Å². The second-order valence-corrected chi connectivity index (χ2v) is 4.92. The van der Waals surface area contributed by atoms with Gasteiger partial charge in [0.1, 0.15) is 5.69 Å². The van der Waals surface area contributed by atoms with Crippen LogP contribution in [0.2, 0.25) is 10.0 Å². The molecule has 0 atom stereocenters. The van der Waals surface area contributed by atoms with Crippen molar-refractivity contribution in [3.05, 3.63) is 57.8 Å². The van der Waals surface area contributed by atoms with Crippen molar-refractivity contribution in [1.82, 2.24) is 4.98 Å². The maximum atomic E-state index is 12.1. The Morgan fingerprint density at radius 2 is 2.00 bits per heavy atom. The number of pyridine rings is 1. The number of carbonyl (C=O) groups is 1. The van der Waals surface area contributed by atoms with Crippen LogP contribution in [0.25, 0.3) is 0 Å². The summed E-state index contributed by atoms with van der Waals surface area (Å²) in [5.41, 5.74) is 1.72. The van der Waals surface area contributed by atoms with E-state index in [-0.39, 0.29) is 11.6 Å². The van der Waals surface area contributed by atoms with Gasteiger partial charge >= 0.3 is 0 Å². The van der Waals surface area contributed by atoms with Gasteiger partial charge in [-0.05, 0) is 30.3 Å². The molecule has 0 unspecified atom stereocenters. The molecule has 1 amide bonds. The highest BCUT2D eigenvalue weighted by Gasteiger charge is 2.10. The van der Waals surface area contributed by atoms with Crippen LogP contribution in [0, 0.1) is 0 Å². The van der Waals surface area contributed by atoms with Crippen LogP contribution >= 0.6 is 23.2 Å². The quantitative estimate of drug-likeness (QED) is 0.934. The largest absolute Gasteiger partial charge is 0.380 e. The first-order valence-electron chi connectivity index (χ1n) is 5.80. The molecule has 0 spiro atoms. The number of anilines is 1. The van der Waals surface area contributed by atoms with E-state index in [0.717, 1.165) is 5.56 Å². The van der Waals surface area contributed by atoms with Gasteiger partial charge in [0.25, 0.3) is 5.91 Å². The minimum absolute atomic E-state index is 0.285. The van der Waals surface area contributed by atoms with E-state index in [2.05, 4.69) is 10.3 Å². The van der Waals surface area contributed by atoms with Crippen LogP contribution in [0.4, 0.5) is 5.69 Å². The molecule has 0 radical (unpaired) electrons. The van der Waals surface area contributed by atoms with Crippen molar-refractivity contribution in [2.45, 2.75) is 6.61 Å². The van der Waals surface area contributed by atoms with Gasteiger partial charge in [-0.2, -0.15) is 0 Å². The topological polar surface area (TPSA) is 51.2 Å². The van der Waals surface area contributed by atoms with E-state index in [9.17, 15) is 4.79 Å². The van der Waals surface area contributed by atoms with Crippen LogP contribution in [0.5, 0.6) is 0 Å². The predicted molar refractivity (Wildman–Crippen MR) is 79.4 cm³/mol. The van der Waals surface area contributed by atoms with Crippen LogP contribution in [0.3, 0.4) is 0 Å². The van der Waals surface area contributed by atoms with Crippen molar-refractivity contribution in [3.8, 4) is 0 Å². The standard InChI is InChI=1S/C14H12Cl2N2O2/c1-20-8-9-6-10(15)2-4-12(9)18-14(19)13-5-3-11(16)7-17-13/h2-7H,8H2,1H3,(H,18,19). The van der Waals surface area contributed by atoms with Gasteiger partial charge in [-0.3, -0.25) is 4.79 Å². The highest BCUT2D eigenvalue weighted by atomic mass is 35.5. The van der Waals surface area contributed by atoms with Gasteiger partial charge in [-0.25, -0.2) is 4.98 Å². The van der Waals surface area contributed by atoms with E-state index in [1.54, 1.807) is 37.4 Å². The van der Waals surface area contributed by atoms with E-state index in [1.807, 2.05) is 0 Å². The Kier molecular flexibility index (Phi) is 4.95. The molecule has 0 saturated heterocycles. The van der Waals surface area contributed by atoms with Crippen LogP contribution in [0.1, 0.15) is 16.1 Å². The van der Waals surface area contributed by atoms with Crippen molar-refractivity contribution in [3.63, 3.8) is 0 Å². The summed E-state index contributed by atoms with van der Waals surface area (Å²) in [5.74, 6) is -0.318. The smallest absolute Gasteiger partial charge is 0.274 e. The molecule has 0 fully saturated rings. The van der Waals surface area contributed by atoms with Gasteiger partial charge in [0.05, 0.1) is 11.6 Å². The summed E-state index contributed by atoms with van der Waals surface area (Å²) < 4.78 is 5.08. The number of nitrogens with zero attached hydrogens (tertiary/aromatic N) is 1. The third-order valence-corrected chi connectivity index (χ3v) is 3.03. The molecular formula is C14H12Cl2N2O2. The Hall–Kier alpha value is -1.62. The number of aromatic nitrogens is 1. The Bertz CT molecular complexity index is 615. The Morgan fingerprint density at radius 3 is 2.65 bits per heavy atom. The number of amides is 1. The summed E-state index contributed by atoms with van der Waals surface area (Å²) in [6, 6.07) is 8.34.